The van der Waals surface area contributed by atoms with Crippen LogP contribution < -0.4 is 0 Å². The minimum absolute atomic E-state index is 0.0831. The average molecular weight is 425 g/mol. The maximum absolute atomic E-state index is 14.5. The van der Waals surface area contributed by atoms with Gasteiger partial charge in [-0.25, -0.2) is 9.18 Å². The molecule has 0 spiro atoms. The van der Waals surface area contributed by atoms with Gasteiger partial charge in [0, 0.05) is 17.0 Å². The molecule has 3 aromatic carbocycles. The van der Waals surface area contributed by atoms with Crippen molar-refractivity contribution in [1.82, 2.24) is 0 Å². The molecule has 1 unspecified atom stereocenters. The second kappa shape index (κ2) is 10.2. The van der Waals surface area contributed by atoms with Gasteiger partial charge in [0.1, 0.15) is 0 Å². The summed E-state index contributed by atoms with van der Waals surface area (Å²) in [4.78, 5) is 25.0. The summed E-state index contributed by atoms with van der Waals surface area (Å²) in [6.07, 6.45) is -2.18. The monoisotopic (exact) mass is 424 g/mol. The van der Waals surface area contributed by atoms with E-state index in [-0.39, 0.29) is 18.8 Å². The summed E-state index contributed by atoms with van der Waals surface area (Å²) in [6, 6.07) is 23.6. The van der Waals surface area contributed by atoms with Gasteiger partial charge in [-0.05, 0) is 35.7 Å². The Bertz CT molecular complexity index is 985. The molecule has 3 aromatic rings. The third-order valence-electron chi connectivity index (χ3n) is 4.85. The molecule has 0 aromatic heterocycles. The van der Waals surface area contributed by atoms with Crippen LogP contribution in [0, 0.1) is 0 Å². The number of halogens is 2. The normalized spacial score (nSPS) is 12.8. The number of esters is 1. The molecule has 0 saturated heterocycles. The van der Waals surface area contributed by atoms with E-state index in [1.165, 1.54) is 0 Å². The molecule has 0 N–H and O–H groups in total. The number of carbonyl (C=O) groups excluding carboxylic acids is 2. The summed E-state index contributed by atoms with van der Waals surface area (Å²) in [5.74, 6) is -2.04. The number of hydrogen-bond donors (Lipinski definition) is 0. The Morgan fingerprint density at radius 1 is 0.900 bits per heavy atom. The minimum Gasteiger partial charge on any atom is -0.464 e. The number of hydrogen-bond acceptors (Lipinski definition) is 3. The van der Waals surface area contributed by atoms with Crippen molar-refractivity contribution in [2.75, 3.05) is 6.61 Å². The highest BCUT2D eigenvalue weighted by Crippen LogP contribution is 2.29. The number of ether oxygens (including phenoxy) is 1. The van der Waals surface area contributed by atoms with Gasteiger partial charge in [0.15, 0.2) is 12.0 Å². The van der Waals surface area contributed by atoms with E-state index in [1.54, 1.807) is 43.3 Å². The van der Waals surface area contributed by atoms with Crippen molar-refractivity contribution in [3.8, 4) is 11.1 Å². The minimum atomic E-state index is -1.89. The lowest BCUT2D eigenvalue weighted by molar-refractivity contribution is -0.149. The highest BCUT2D eigenvalue weighted by molar-refractivity contribution is 6.30. The predicted molar refractivity (Wildman–Crippen MR) is 117 cm³/mol. The number of rotatable bonds is 8. The maximum Gasteiger partial charge on any atom is 0.340 e. The van der Waals surface area contributed by atoms with Crippen LogP contribution in [0.2, 0.25) is 5.02 Å². The Hall–Kier alpha value is -2.98. The van der Waals surface area contributed by atoms with E-state index in [0.29, 0.717) is 16.1 Å². The van der Waals surface area contributed by atoms with Gasteiger partial charge in [0.25, 0.3) is 0 Å². The molecule has 5 heteroatoms. The van der Waals surface area contributed by atoms with Crippen molar-refractivity contribution in [3.63, 3.8) is 0 Å². The molecule has 0 saturated carbocycles. The molecule has 154 valence electrons. The SMILES string of the molecule is CCOC(=O)[C@@H](F)CC(C(=O)c1ccc(-c2ccccc2)cc1)c1ccc(Cl)cc1. The Morgan fingerprint density at radius 3 is 2.10 bits per heavy atom. The first-order valence-electron chi connectivity index (χ1n) is 9.75. The van der Waals surface area contributed by atoms with Crippen molar-refractivity contribution < 1.29 is 18.7 Å². The topological polar surface area (TPSA) is 43.4 Å². The van der Waals surface area contributed by atoms with Crippen LogP contribution in [0.15, 0.2) is 78.9 Å². The molecule has 0 aliphatic heterocycles. The fraction of sp³-hybridized carbons (Fsp3) is 0.200. The Kier molecular flexibility index (Phi) is 7.36. The van der Waals surface area contributed by atoms with Gasteiger partial charge in [-0.2, -0.15) is 0 Å². The zero-order chi connectivity index (χ0) is 21.5. The van der Waals surface area contributed by atoms with Crippen LogP contribution in [0.5, 0.6) is 0 Å². The van der Waals surface area contributed by atoms with E-state index in [1.807, 2.05) is 42.5 Å². The van der Waals surface area contributed by atoms with Gasteiger partial charge in [-0.1, -0.05) is 78.3 Å². The number of Topliss-reactive ketones (excluding diaryl/α,β-unsaturated/α-hetero) is 1. The molecule has 0 aliphatic rings. The van der Waals surface area contributed by atoms with E-state index in [9.17, 15) is 14.0 Å². The number of benzene rings is 3. The zero-order valence-corrected chi connectivity index (χ0v) is 17.3. The van der Waals surface area contributed by atoms with Crippen molar-refractivity contribution >= 4 is 23.4 Å². The molecule has 0 aliphatic carbocycles. The van der Waals surface area contributed by atoms with Crippen LogP contribution in [0.3, 0.4) is 0 Å². The van der Waals surface area contributed by atoms with Gasteiger partial charge in [-0.3, -0.25) is 4.79 Å². The lowest BCUT2D eigenvalue weighted by atomic mass is 9.86. The summed E-state index contributed by atoms with van der Waals surface area (Å²) in [5.41, 5.74) is 3.07. The molecular weight excluding hydrogens is 403 g/mol. The molecule has 3 rings (SSSR count). The lowest BCUT2D eigenvalue weighted by Crippen LogP contribution is -2.25. The smallest absolute Gasteiger partial charge is 0.340 e. The Morgan fingerprint density at radius 2 is 1.50 bits per heavy atom. The summed E-state index contributed by atoms with van der Waals surface area (Å²) in [5, 5.41) is 0.513. The van der Waals surface area contributed by atoms with Crippen molar-refractivity contribution in [2.45, 2.75) is 25.4 Å². The van der Waals surface area contributed by atoms with E-state index < -0.39 is 18.1 Å². The molecule has 3 nitrogen and oxygen atoms in total. The van der Waals surface area contributed by atoms with Gasteiger partial charge >= 0.3 is 5.97 Å². The summed E-state index contributed by atoms with van der Waals surface area (Å²) < 4.78 is 19.3. The molecule has 2 atom stereocenters. The van der Waals surface area contributed by atoms with Gasteiger partial charge < -0.3 is 4.74 Å². The van der Waals surface area contributed by atoms with Gasteiger partial charge in [0.2, 0.25) is 0 Å². The van der Waals surface area contributed by atoms with Crippen LogP contribution >= 0.6 is 11.6 Å². The first kappa shape index (κ1) is 21.7. The van der Waals surface area contributed by atoms with E-state index >= 15 is 0 Å². The summed E-state index contributed by atoms with van der Waals surface area (Å²) >= 11 is 5.95. The molecule has 0 fully saturated rings. The zero-order valence-electron chi connectivity index (χ0n) is 16.6. The van der Waals surface area contributed by atoms with Crippen LogP contribution in [0.4, 0.5) is 4.39 Å². The van der Waals surface area contributed by atoms with E-state index in [2.05, 4.69) is 0 Å². The lowest BCUT2D eigenvalue weighted by Gasteiger charge is -2.18. The molecule has 0 radical (unpaired) electrons. The Balaban J connectivity index is 1.87. The predicted octanol–water partition coefficient (Wildman–Crippen LogP) is 6.26. The Labute approximate surface area is 180 Å². The van der Waals surface area contributed by atoms with Crippen molar-refractivity contribution in [2.24, 2.45) is 0 Å². The van der Waals surface area contributed by atoms with E-state index in [4.69, 9.17) is 16.3 Å². The average Bonchev–Trinajstić information content (AvgIpc) is 2.78. The molecule has 0 amide bonds. The van der Waals surface area contributed by atoms with Crippen LogP contribution in [-0.2, 0) is 9.53 Å². The van der Waals surface area contributed by atoms with Crippen LogP contribution in [0.1, 0.15) is 35.2 Å². The van der Waals surface area contributed by atoms with Crippen molar-refractivity contribution in [3.05, 3.63) is 95.0 Å². The first-order chi connectivity index (χ1) is 14.5. The second-order valence-electron chi connectivity index (χ2n) is 6.87. The third-order valence-corrected chi connectivity index (χ3v) is 5.10. The van der Waals surface area contributed by atoms with Crippen LogP contribution in [0.25, 0.3) is 11.1 Å². The van der Waals surface area contributed by atoms with Gasteiger partial charge in [0.05, 0.1) is 12.5 Å². The molecule has 0 heterocycles. The second-order valence-corrected chi connectivity index (χ2v) is 7.30. The van der Waals surface area contributed by atoms with Crippen LogP contribution in [-0.4, -0.2) is 24.5 Å². The molecule has 0 bridgehead atoms. The molecule has 30 heavy (non-hydrogen) atoms. The highest BCUT2D eigenvalue weighted by atomic mass is 35.5. The largest absolute Gasteiger partial charge is 0.464 e. The summed E-state index contributed by atoms with van der Waals surface area (Å²) in [7, 11) is 0. The van der Waals surface area contributed by atoms with Gasteiger partial charge in [-0.15, -0.1) is 0 Å². The quantitative estimate of drug-likeness (QED) is 0.316. The maximum atomic E-state index is 14.5. The first-order valence-corrected chi connectivity index (χ1v) is 10.1. The third kappa shape index (κ3) is 5.33. The molecular formula is C25H22ClFO3. The van der Waals surface area contributed by atoms with E-state index in [0.717, 1.165) is 11.1 Å². The fourth-order valence-electron chi connectivity index (χ4n) is 3.28. The van der Waals surface area contributed by atoms with Crippen molar-refractivity contribution in [1.29, 1.82) is 0 Å². The summed E-state index contributed by atoms with van der Waals surface area (Å²) in [6.45, 7) is 1.69. The number of ketones is 1. The fourth-order valence-corrected chi connectivity index (χ4v) is 3.41. The number of carbonyl (C=O) groups is 2. The highest BCUT2D eigenvalue weighted by Gasteiger charge is 2.30. The number of alkyl halides is 1. The standard InChI is InChI=1S/C25H22ClFO3/c1-2-30-25(29)23(27)16-22(19-12-14-21(26)15-13-19)24(28)20-10-8-18(9-11-20)17-6-4-3-5-7-17/h3-15,22-23H,2,16H2,1H3/t22?,23-/m0/s1.